The summed E-state index contributed by atoms with van der Waals surface area (Å²) in [5.41, 5.74) is 1.20. The molecule has 2 rings (SSSR count). The molecule has 0 saturated heterocycles. The fourth-order valence-electron chi connectivity index (χ4n) is 2.56. The number of hydrogen-bond acceptors (Lipinski definition) is 2. The van der Waals surface area contributed by atoms with E-state index < -0.39 is 0 Å². The molecule has 2 nitrogen and oxygen atoms in total. The van der Waals surface area contributed by atoms with Gasteiger partial charge < -0.3 is 10.4 Å². The van der Waals surface area contributed by atoms with E-state index >= 15 is 0 Å². The lowest BCUT2D eigenvalue weighted by atomic mass is 9.94. The van der Waals surface area contributed by atoms with E-state index in [0.29, 0.717) is 0 Å². The first-order valence-corrected chi connectivity index (χ1v) is 7.36. The monoisotopic (exact) mass is 259 g/mol. The molecule has 0 bridgehead atoms. The molecule has 1 aromatic rings. The molecule has 1 aromatic carbocycles. The first-order valence-electron chi connectivity index (χ1n) is 7.36. The molecule has 0 radical (unpaired) electrons. The Morgan fingerprint density at radius 1 is 1.26 bits per heavy atom. The summed E-state index contributed by atoms with van der Waals surface area (Å²) in [4.78, 5) is 0. The summed E-state index contributed by atoms with van der Waals surface area (Å²) in [7, 11) is 0. The SMILES string of the molecule is CC(NCC1CC=CCC1)C(O)Cc1ccccc1. The molecule has 3 unspecified atom stereocenters. The molecule has 0 spiro atoms. The van der Waals surface area contributed by atoms with Gasteiger partial charge in [0.25, 0.3) is 0 Å². The highest BCUT2D eigenvalue weighted by molar-refractivity contribution is 5.15. The van der Waals surface area contributed by atoms with Crippen molar-refractivity contribution in [1.82, 2.24) is 5.32 Å². The minimum Gasteiger partial charge on any atom is -0.391 e. The quantitative estimate of drug-likeness (QED) is 0.770. The van der Waals surface area contributed by atoms with Crippen molar-refractivity contribution in [3.63, 3.8) is 0 Å². The number of allylic oxidation sites excluding steroid dienone is 2. The zero-order valence-electron chi connectivity index (χ0n) is 11.8. The molecule has 0 heterocycles. The molecule has 1 aliphatic carbocycles. The van der Waals surface area contributed by atoms with Crippen LogP contribution in [0.4, 0.5) is 0 Å². The van der Waals surface area contributed by atoms with Gasteiger partial charge in [0.15, 0.2) is 0 Å². The van der Waals surface area contributed by atoms with E-state index in [-0.39, 0.29) is 12.1 Å². The van der Waals surface area contributed by atoms with E-state index in [4.69, 9.17) is 0 Å². The van der Waals surface area contributed by atoms with Crippen molar-refractivity contribution in [3.05, 3.63) is 48.0 Å². The van der Waals surface area contributed by atoms with Crippen molar-refractivity contribution in [2.24, 2.45) is 5.92 Å². The standard InChI is InChI=1S/C17H25NO/c1-14(18-13-16-10-6-3-7-11-16)17(19)12-15-8-4-2-5-9-15/h2-6,8-9,14,16-19H,7,10-13H2,1H3. The van der Waals surface area contributed by atoms with Crippen molar-refractivity contribution < 1.29 is 5.11 Å². The summed E-state index contributed by atoms with van der Waals surface area (Å²) in [6.07, 6.45) is 8.60. The van der Waals surface area contributed by atoms with Gasteiger partial charge in [-0.15, -0.1) is 0 Å². The Morgan fingerprint density at radius 2 is 2.05 bits per heavy atom. The van der Waals surface area contributed by atoms with Crippen LogP contribution in [-0.4, -0.2) is 23.8 Å². The maximum Gasteiger partial charge on any atom is 0.0730 e. The van der Waals surface area contributed by atoms with Gasteiger partial charge in [-0.05, 0) is 50.6 Å². The van der Waals surface area contributed by atoms with Crippen LogP contribution < -0.4 is 5.32 Å². The zero-order chi connectivity index (χ0) is 13.5. The Labute approximate surface area is 116 Å². The molecular formula is C17H25NO. The Hall–Kier alpha value is -1.12. The van der Waals surface area contributed by atoms with Gasteiger partial charge in [0.05, 0.1) is 6.10 Å². The molecule has 0 aromatic heterocycles. The molecule has 0 amide bonds. The van der Waals surface area contributed by atoms with Crippen LogP contribution in [0.5, 0.6) is 0 Å². The van der Waals surface area contributed by atoms with Crippen molar-refractivity contribution >= 4 is 0 Å². The zero-order valence-corrected chi connectivity index (χ0v) is 11.8. The van der Waals surface area contributed by atoms with E-state index in [1.807, 2.05) is 18.2 Å². The second kappa shape index (κ2) is 7.46. The molecule has 0 fully saturated rings. The van der Waals surface area contributed by atoms with Gasteiger partial charge in [-0.1, -0.05) is 42.5 Å². The van der Waals surface area contributed by atoms with E-state index in [1.54, 1.807) is 0 Å². The highest BCUT2D eigenvalue weighted by Gasteiger charge is 2.16. The van der Waals surface area contributed by atoms with Crippen molar-refractivity contribution in [1.29, 1.82) is 0 Å². The molecule has 1 aliphatic rings. The number of hydrogen-bond donors (Lipinski definition) is 2. The van der Waals surface area contributed by atoms with Crippen LogP contribution in [0.1, 0.15) is 31.7 Å². The number of nitrogens with one attached hydrogen (secondary N) is 1. The molecule has 0 saturated carbocycles. The lowest BCUT2D eigenvalue weighted by molar-refractivity contribution is 0.131. The average molecular weight is 259 g/mol. The summed E-state index contributed by atoms with van der Waals surface area (Å²) < 4.78 is 0. The van der Waals surface area contributed by atoms with Crippen LogP contribution >= 0.6 is 0 Å². The number of rotatable bonds is 6. The highest BCUT2D eigenvalue weighted by Crippen LogP contribution is 2.17. The van der Waals surface area contributed by atoms with Crippen LogP contribution in [0.15, 0.2) is 42.5 Å². The summed E-state index contributed by atoms with van der Waals surface area (Å²) >= 11 is 0. The van der Waals surface area contributed by atoms with Gasteiger partial charge in [-0.3, -0.25) is 0 Å². The third kappa shape index (κ3) is 4.81. The van der Waals surface area contributed by atoms with Gasteiger partial charge in [0, 0.05) is 6.04 Å². The molecule has 2 heteroatoms. The van der Waals surface area contributed by atoms with Crippen molar-refractivity contribution in [3.8, 4) is 0 Å². The van der Waals surface area contributed by atoms with Crippen LogP contribution in [-0.2, 0) is 6.42 Å². The summed E-state index contributed by atoms with van der Waals surface area (Å²) in [6, 6.07) is 10.3. The van der Waals surface area contributed by atoms with E-state index in [1.165, 1.54) is 24.8 Å². The summed E-state index contributed by atoms with van der Waals surface area (Å²) in [5, 5.41) is 13.7. The Kier molecular flexibility index (Phi) is 5.62. The number of aliphatic hydroxyl groups excluding tert-OH is 1. The van der Waals surface area contributed by atoms with Gasteiger partial charge >= 0.3 is 0 Å². The highest BCUT2D eigenvalue weighted by atomic mass is 16.3. The molecule has 3 atom stereocenters. The third-order valence-electron chi connectivity index (χ3n) is 3.97. The Bertz CT molecular complexity index is 388. The normalized spacial score (nSPS) is 22.1. The van der Waals surface area contributed by atoms with E-state index in [2.05, 4.69) is 36.5 Å². The molecule has 0 aliphatic heterocycles. The smallest absolute Gasteiger partial charge is 0.0730 e. The average Bonchev–Trinajstić information content (AvgIpc) is 2.47. The largest absolute Gasteiger partial charge is 0.391 e. The van der Waals surface area contributed by atoms with Crippen molar-refractivity contribution in [2.75, 3.05) is 6.54 Å². The number of benzene rings is 1. The topological polar surface area (TPSA) is 32.3 Å². The molecule has 2 N–H and O–H groups in total. The Morgan fingerprint density at radius 3 is 2.74 bits per heavy atom. The second-order valence-corrected chi connectivity index (χ2v) is 5.60. The summed E-state index contributed by atoms with van der Waals surface area (Å²) in [5.74, 6) is 0.733. The number of aliphatic hydroxyl groups is 1. The maximum absolute atomic E-state index is 10.2. The molecular weight excluding hydrogens is 234 g/mol. The summed E-state index contributed by atoms with van der Waals surface area (Å²) in [6.45, 7) is 3.09. The fraction of sp³-hybridized carbons (Fsp3) is 0.529. The van der Waals surface area contributed by atoms with E-state index in [9.17, 15) is 5.11 Å². The van der Waals surface area contributed by atoms with Gasteiger partial charge in [-0.25, -0.2) is 0 Å². The van der Waals surface area contributed by atoms with Crippen molar-refractivity contribution in [2.45, 2.75) is 44.8 Å². The van der Waals surface area contributed by atoms with Crippen LogP contribution in [0.3, 0.4) is 0 Å². The lowest BCUT2D eigenvalue weighted by Crippen LogP contribution is -2.41. The third-order valence-corrected chi connectivity index (χ3v) is 3.97. The maximum atomic E-state index is 10.2. The molecule has 104 valence electrons. The minimum absolute atomic E-state index is 0.145. The fourth-order valence-corrected chi connectivity index (χ4v) is 2.56. The van der Waals surface area contributed by atoms with Crippen LogP contribution in [0, 0.1) is 5.92 Å². The van der Waals surface area contributed by atoms with Crippen LogP contribution in [0.25, 0.3) is 0 Å². The first-order chi connectivity index (χ1) is 9.25. The minimum atomic E-state index is -0.318. The van der Waals surface area contributed by atoms with Gasteiger partial charge in [-0.2, -0.15) is 0 Å². The van der Waals surface area contributed by atoms with Crippen LogP contribution in [0.2, 0.25) is 0 Å². The predicted molar refractivity (Wildman–Crippen MR) is 80.1 cm³/mol. The van der Waals surface area contributed by atoms with E-state index in [0.717, 1.165) is 18.9 Å². The van der Waals surface area contributed by atoms with Gasteiger partial charge in [0.2, 0.25) is 0 Å². The first kappa shape index (κ1) is 14.3. The second-order valence-electron chi connectivity index (χ2n) is 5.60. The predicted octanol–water partition coefficient (Wildman–Crippen LogP) is 2.92. The van der Waals surface area contributed by atoms with Gasteiger partial charge in [0.1, 0.15) is 0 Å². The molecule has 19 heavy (non-hydrogen) atoms. The lowest BCUT2D eigenvalue weighted by Gasteiger charge is -2.24. The Balaban J connectivity index is 1.73.